The van der Waals surface area contributed by atoms with Gasteiger partial charge in [-0.1, -0.05) is 38.5 Å². The maximum Gasteiger partial charge on any atom is 0.412 e. The van der Waals surface area contributed by atoms with E-state index in [0.29, 0.717) is 23.4 Å². The smallest absolute Gasteiger partial charge is 0.412 e. The highest BCUT2D eigenvalue weighted by Gasteiger charge is 2.39. The largest absolute Gasteiger partial charge is 0.444 e. The number of para-hydroxylation sites is 1. The number of benzene rings is 2. The van der Waals surface area contributed by atoms with Crippen LogP contribution in [0, 0.1) is 5.92 Å². The van der Waals surface area contributed by atoms with Gasteiger partial charge in [-0.15, -0.1) is 0 Å². The van der Waals surface area contributed by atoms with Crippen molar-refractivity contribution in [2.45, 2.75) is 78.9 Å². The number of imide groups is 1. The lowest BCUT2D eigenvalue weighted by atomic mass is 9.96. The number of nitrogens with one attached hydrogen (secondary N) is 1. The van der Waals surface area contributed by atoms with Crippen molar-refractivity contribution in [3.63, 3.8) is 0 Å². The number of hydrogen-bond donors (Lipinski definition) is 1. The van der Waals surface area contributed by atoms with Gasteiger partial charge in [0.1, 0.15) is 5.60 Å². The molecule has 4 aromatic rings. The molecule has 2 aliphatic heterocycles. The Morgan fingerprint density at radius 2 is 1.79 bits per heavy atom. The molecule has 0 fully saturated rings. The van der Waals surface area contributed by atoms with Crippen molar-refractivity contribution in [1.29, 1.82) is 0 Å². The molecule has 6 rings (SSSR count). The number of carbonyl (C=O) groups is 3. The average Bonchev–Trinajstić information content (AvgIpc) is 3.43. The first kappa shape index (κ1) is 28.8. The number of aryl methyl sites for hydroxylation is 2. The highest BCUT2D eigenvalue weighted by atomic mass is 16.6. The van der Waals surface area contributed by atoms with Crippen molar-refractivity contribution in [3.05, 3.63) is 65.5 Å². The third-order valence-corrected chi connectivity index (χ3v) is 8.29. The summed E-state index contributed by atoms with van der Waals surface area (Å²) in [7, 11) is 1.95. The van der Waals surface area contributed by atoms with Crippen LogP contribution in [0.3, 0.4) is 0 Å². The van der Waals surface area contributed by atoms with E-state index in [1.165, 1.54) is 11.0 Å². The van der Waals surface area contributed by atoms with Crippen LogP contribution in [0.5, 0.6) is 0 Å². The van der Waals surface area contributed by atoms with E-state index in [0.717, 1.165) is 70.9 Å². The Morgan fingerprint density at radius 1 is 1.02 bits per heavy atom. The first-order valence-corrected chi connectivity index (χ1v) is 15.3. The van der Waals surface area contributed by atoms with Gasteiger partial charge < -0.3 is 13.9 Å². The summed E-state index contributed by atoms with van der Waals surface area (Å²) in [4.78, 5) is 42.6. The SMILES string of the molecule is CC(C)Cc1c(NC(=O)OC(C)(C)C)ccc2c1c(N1C(=O)C=C(c3cn(C)c4ccccc34)C1=O)c1n2CCCCC1. The number of fused-ring (bicyclic) bond motifs is 4. The fraction of sp³-hybridized carbons (Fsp3) is 0.400. The summed E-state index contributed by atoms with van der Waals surface area (Å²) in [5, 5.41) is 4.77. The summed E-state index contributed by atoms with van der Waals surface area (Å²) in [6.45, 7) is 10.6. The molecule has 2 aromatic carbocycles. The van der Waals surface area contributed by atoms with Crippen LogP contribution in [0.1, 0.15) is 70.7 Å². The Labute approximate surface area is 252 Å². The lowest BCUT2D eigenvalue weighted by Crippen LogP contribution is -2.31. The highest BCUT2D eigenvalue weighted by Crippen LogP contribution is 2.45. The van der Waals surface area contributed by atoms with E-state index < -0.39 is 11.7 Å². The van der Waals surface area contributed by atoms with Gasteiger partial charge in [0, 0.05) is 59.1 Å². The molecule has 0 saturated heterocycles. The molecular weight excluding hydrogens is 540 g/mol. The molecule has 0 saturated carbocycles. The summed E-state index contributed by atoms with van der Waals surface area (Å²) >= 11 is 0. The van der Waals surface area contributed by atoms with Gasteiger partial charge in [0.15, 0.2) is 0 Å². The zero-order valence-electron chi connectivity index (χ0n) is 25.9. The maximum atomic E-state index is 14.4. The lowest BCUT2D eigenvalue weighted by molar-refractivity contribution is -0.119. The molecule has 8 nitrogen and oxygen atoms in total. The molecular formula is C35H40N4O4. The molecule has 0 spiro atoms. The van der Waals surface area contributed by atoms with Gasteiger partial charge in [-0.05, 0) is 76.1 Å². The fourth-order valence-corrected chi connectivity index (χ4v) is 6.61. The van der Waals surface area contributed by atoms with Crippen LogP contribution in [-0.4, -0.2) is 32.6 Å². The molecule has 2 aromatic heterocycles. The van der Waals surface area contributed by atoms with Crippen LogP contribution in [0.15, 0.2) is 48.7 Å². The first-order valence-electron chi connectivity index (χ1n) is 15.3. The molecule has 0 bridgehead atoms. The number of hydrogen-bond acceptors (Lipinski definition) is 4. The number of anilines is 2. The predicted molar refractivity (Wildman–Crippen MR) is 171 cm³/mol. The van der Waals surface area contributed by atoms with E-state index in [4.69, 9.17) is 4.74 Å². The minimum Gasteiger partial charge on any atom is -0.444 e. The Hall–Kier alpha value is -4.33. The number of ether oxygens (including phenoxy) is 1. The van der Waals surface area contributed by atoms with Crippen molar-refractivity contribution in [1.82, 2.24) is 9.13 Å². The highest BCUT2D eigenvalue weighted by molar-refractivity contribution is 6.45. The zero-order chi connectivity index (χ0) is 30.6. The monoisotopic (exact) mass is 580 g/mol. The van der Waals surface area contributed by atoms with E-state index in [2.05, 4.69) is 23.7 Å². The average molecular weight is 581 g/mol. The number of amides is 3. The molecule has 224 valence electrons. The number of rotatable bonds is 5. The third kappa shape index (κ3) is 5.13. The van der Waals surface area contributed by atoms with Gasteiger partial charge in [0.2, 0.25) is 0 Å². The molecule has 0 atom stereocenters. The molecule has 1 N–H and O–H groups in total. The minimum atomic E-state index is -0.650. The Kier molecular flexibility index (Phi) is 7.19. The van der Waals surface area contributed by atoms with Crippen LogP contribution in [-0.2, 0) is 40.8 Å². The van der Waals surface area contributed by atoms with Crippen LogP contribution in [0.25, 0.3) is 27.4 Å². The normalized spacial score (nSPS) is 15.8. The van der Waals surface area contributed by atoms with Crippen LogP contribution in [0.4, 0.5) is 16.2 Å². The number of aromatic nitrogens is 2. The summed E-state index contributed by atoms with van der Waals surface area (Å²) < 4.78 is 9.87. The second kappa shape index (κ2) is 10.7. The summed E-state index contributed by atoms with van der Waals surface area (Å²) in [5.74, 6) is -0.401. The van der Waals surface area contributed by atoms with Gasteiger partial charge in [0.25, 0.3) is 11.8 Å². The molecule has 0 radical (unpaired) electrons. The minimum absolute atomic E-state index is 0.256. The van der Waals surface area contributed by atoms with Crippen molar-refractivity contribution >= 4 is 56.7 Å². The molecule has 0 aliphatic carbocycles. The summed E-state index contributed by atoms with van der Waals surface area (Å²) in [5.41, 5.74) is 5.69. The van der Waals surface area contributed by atoms with Gasteiger partial charge in [-0.3, -0.25) is 14.9 Å². The van der Waals surface area contributed by atoms with Gasteiger partial charge in [0.05, 0.1) is 16.8 Å². The molecule has 43 heavy (non-hydrogen) atoms. The van der Waals surface area contributed by atoms with Crippen molar-refractivity contribution in [2.24, 2.45) is 13.0 Å². The Bertz CT molecular complexity index is 1810. The lowest BCUT2D eigenvalue weighted by Gasteiger charge is -2.22. The van der Waals surface area contributed by atoms with Gasteiger partial charge in [-0.2, -0.15) is 0 Å². The zero-order valence-corrected chi connectivity index (χ0v) is 25.9. The predicted octanol–water partition coefficient (Wildman–Crippen LogP) is 7.36. The van der Waals surface area contributed by atoms with Crippen LogP contribution < -0.4 is 10.2 Å². The van der Waals surface area contributed by atoms with Crippen molar-refractivity contribution in [3.8, 4) is 0 Å². The van der Waals surface area contributed by atoms with Crippen molar-refractivity contribution < 1.29 is 19.1 Å². The second-order valence-corrected chi connectivity index (χ2v) is 13.2. The number of nitrogens with zero attached hydrogens (tertiary/aromatic N) is 3. The topological polar surface area (TPSA) is 85.6 Å². The number of carbonyl (C=O) groups excluding carboxylic acids is 3. The molecule has 3 amide bonds. The second-order valence-electron chi connectivity index (χ2n) is 13.2. The van der Waals surface area contributed by atoms with E-state index >= 15 is 0 Å². The van der Waals surface area contributed by atoms with E-state index in [9.17, 15) is 14.4 Å². The van der Waals surface area contributed by atoms with E-state index in [1.807, 2.05) is 75.0 Å². The summed E-state index contributed by atoms with van der Waals surface area (Å²) in [6.07, 6.45) is 7.38. The molecule has 2 aliphatic rings. The quantitative estimate of drug-likeness (QED) is 0.250. The van der Waals surface area contributed by atoms with Gasteiger partial charge in [-0.25, -0.2) is 9.69 Å². The molecule has 4 heterocycles. The molecule has 8 heteroatoms. The van der Waals surface area contributed by atoms with E-state index in [1.54, 1.807) is 0 Å². The Balaban J connectivity index is 1.54. The Morgan fingerprint density at radius 3 is 2.53 bits per heavy atom. The van der Waals surface area contributed by atoms with Crippen molar-refractivity contribution in [2.75, 3.05) is 10.2 Å². The van der Waals surface area contributed by atoms with E-state index in [-0.39, 0.29) is 17.7 Å². The molecule has 0 unspecified atom stereocenters. The maximum absolute atomic E-state index is 14.4. The summed E-state index contributed by atoms with van der Waals surface area (Å²) in [6, 6.07) is 11.9. The van der Waals surface area contributed by atoms with Crippen LogP contribution in [0.2, 0.25) is 0 Å². The van der Waals surface area contributed by atoms with Crippen LogP contribution >= 0.6 is 0 Å². The first-order chi connectivity index (χ1) is 20.4. The van der Waals surface area contributed by atoms with Gasteiger partial charge >= 0.3 is 6.09 Å². The fourth-order valence-electron chi connectivity index (χ4n) is 6.61. The third-order valence-electron chi connectivity index (χ3n) is 8.29. The standard InChI is InChI=1S/C35H40N4O4/c1-21(2)18-24-26(36-34(42)43-35(3,4)5)15-16-28-31(24)32(29-14-8-7-11-17-38(28)29)39-30(40)19-23(33(39)41)25-20-37(6)27-13-10-9-12-22(25)27/h9-10,12-13,15-16,19-21H,7-8,11,14,17-18H2,1-6H3,(H,36,42).